The summed E-state index contributed by atoms with van der Waals surface area (Å²) in [6.45, 7) is 3.78. The quantitative estimate of drug-likeness (QED) is 0.294. The van der Waals surface area contributed by atoms with E-state index in [1.54, 1.807) is 0 Å². The van der Waals surface area contributed by atoms with Crippen LogP contribution in [0, 0.1) is 0 Å². The molecule has 6 heteroatoms. The Morgan fingerprint density at radius 2 is 1.90 bits per heavy atom. The molecule has 30 heavy (non-hydrogen) atoms. The van der Waals surface area contributed by atoms with E-state index in [1.165, 1.54) is 24.0 Å². The average molecular weight is 515 g/mol. The number of guanidine groups is 1. The first-order valence-electron chi connectivity index (χ1n) is 10.4. The van der Waals surface area contributed by atoms with Gasteiger partial charge in [0.1, 0.15) is 0 Å². The number of rotatable bonds is 6. The zero-order valence-electron chi connectivity index (χ0n) is 17.4. The van der Waals surface area contributed by atoms with Crippen LogP contribution in [0.1, 0.15) is 24.0 Å². The molecule has 2 heterocycles. The highest BCUT2D eigenvalue weighted by Gasteiger charge is 2.24. The number of nitrogens with zero attached hydrogens (tertiary/aromatic N) is 3. The van der Waals surface area contributed by atoms with Crippen molar-refractivity contribution in [2.75, 3.05) is 20.1 Å². The van der Waals surface area contributed by atoms with Crippen molar-refractivity contribution in [1.82, 2.24) is 20.5 Å². The maximum Gasteiger partial charge on any atom is 0.191 e. The average Bonchev–Trinajstić information content (AvgIpc) is 3.21. The fourth-order valence-electron chi connectivity index (χ4n) is 4.08. The molecular formula is C24H30IN5. The molecule has 0 radical (unpaired) electrons. The number of benzene rings is 2. The van der Waals surface area contributed by atoms with Crippen molar-refractivity contribution in [2.45, 2.75) is 32.0 Å². The Morgan fingerprint density at radius 1 is 1.07 bits per heavy atom. The van der Waals surface area contributed by atoms with Crippen LogP contribution in [0.2, 0.25) is 0 Å². The Bertz CT molecular complexity index is 955. The third kappa shape index (κ3) is 5.70. The SMILES string of the molecule is CN=C(NCc1cccc2cccnc12)NCC1CCCN1Cc1ccccc1.I. The molecule has 1 aliphatic rings. The molecule has 1 atom stereocenters. The van der Waals surface area contributed by atoms with E-state index >= 15 is 0 Å². The minimum atomic E-state index is 0. The molecule has 1 fully saturated rings. The molecule has 0 saturated carbocycles. The van der Waals surface area contributed by atoms with Gasteiger partial charge in [0.05, 0.1) is 5.52 Å². The Balaban J connectivity index is 0.00000256. The van der Waals surface area contributed by atoms with Gasteiger partial charge in [0, 0.05) is 44.3 Å². The highest BCUT2D eigenvalue weighted by Crippen LogP contribution is 2.19. The molecule has 1 saturated heterocycles. The standard InChI is InChI=1S/C24H29N5.HI/c1-25-24(27-16-21-11-5-10-20-12-6-14-26-23(20)21)28-17-22-13-7-15-29(22)18-19-8-3-2-4-9-19;/h2-6,8-12,14,22H,7,13,15-18H2,1H3,(H2,25,27,28);1H. The van der Waals surface area contributed by atoms with E-state index in [-0.39, 0.29) is 24.0 Å². The second kappa shape index (κ2) is 11.3. The molecule has 3 aromatic rings. The van der Waals surface area contributed by atoms with Gasteiger partial charge in [-0.1, -0.05) is 54.6 Å². The van der Waals surface area contributed by atoms with Gasteiger partial charge in [-0.05, 0) is 36.6 Å². The van der Waals surface area contributed by atoms with Gasteiger partial charge in [-0.15, -0.1) is 24.0 Å². The zero-order chi connectivity index (χ0) is 19.9. The summed E-state index contributed by atoms with van der Waals surface area (Å²) < 4.78 is 0. The number of pyridine rings is 1. The number of hydrogen-bond donors (Lipinski definition) is 2. The molecule has 0 bridgehead atoms. The largest absolute Gasteiger partial charge is 0.355 e. The zero-order valence-corrected chi connectivity index (χ0v) is 19.8. The van der Waals surface area contributed by atoms with Crippen molar-refractivity contribution < 1.29 is 0 Å². The second-order valence-corrected chi connectivity index (χ2v) is 7.55. The smallest absolute Gasteiger partial charge is 0.191 e. The molecule has 0 spiro atoms. The first-order valence-corrected chi connectivity index (χ1v) is 10.4. The van der Waals surface area contributed by atoms with E-state index in [0.717, 1.165) is 36.5 Å². The Kier molecular flexibility index (Phi) is 8.45. The monoisotopic (exact) mass is 515 g/mol. The number of fused-ring (bicyclic) bond motifs is 1. The second-order valence-electron chi connectivity index (χ2n) is 7.55. The number of hydrogen-bond acceptors (Lipinski definition) is 3. The van der Waals surface area contributed by atoms with Crippen LogP contribution in [0.4, 0.5) is 0 Å². The Hall–Kier alpha value is -2.19. The summed E-state index contributed by atoms with van der Waals surface area (Å²) in [6.07, 6.45) is 4.33. The van der Waals surface area contributed by atoms with E-state index in [4.69, 9.17) is 0 Å². The van der Waals surface area contributed by atoms with Gasteiger partial charge in [-0.3, -0.25) is 14.9 Å². The minimum absolute atomic E-state index is 0. The normalized spacial score (nSPS) is 17.0. The lowest BCUT2D eigenvalue weighted by Crippen LogP contribution is -2.44. The fraction of sp³-hybridized carbons (Fsp3) is 0.333. The predicted molar refractivity (Wildman–Crippen MR) is 135 cm³/mol. The Labute approximate surface area is 196 Å². The van der Waals surface area contributed by atoms with Crippen molar-refractivity contribution in [2.24, 2.45) is 4.99 Å². The van der Waals surface area contributed by atoms with Crippen molar-refractivity contribution in [3.05, 3.63) is 78.0 Å². The molecule has 5 nitrogen and oxygen atoms in total. The fourth-order valence-corrected chi connectivity index (χ4v) is 4.08. The number of halogens is 1. The number of aromatic nitrogens is 1. The van der Waals surface area contributed by atoms with Crippen LogP contribution in [0.25, 0.3) is 10.9 Å². The van der Waals surface area contributed by atoms with E-state index in [1.807, 2.05) is 19.3 Å². The van der Waals surface area contributed by atoms with Gasteiger partial charge in [0.15, 0.2) is 5.96 Å². The van der Waals surface area contributed by atoms with Crippen LogP contribution in [0.3, 0.4) is 0 Å². The maximum absolute atomic E-state index is 4.54. The van der Waals surface area contributed by atoms with Crippen molar-refractivity contribution in [1.29, 1.82) is 0 Å². The molecule has 0 amide bonds. The van der Waals surface area contributed by atoms with Gasteiger partial charge in [0.2, 0.25) is 0 Å². The minimum Gasteiger partial charge on any atom is -0.355 e. The third-order valence-electron chi connectivity index (χ3n) is 5.62. The molecule has 158 valence electrons. The highest BCUT2D eigenvalue weighted by molar-refractivity contribution is 14.0. The lowest BCUT2D eigenvalue weighted by Gasteiger charge is -2.25. The topological polar surface area (TPSA) is 52.6 Å². The summed E-state index contributed by atoms with van der Waals surface area (Å²) in [5.41, 5.74) is 3.60. The van der Waals surface area contributed by atoms with Crippen LogP contribution < -0.4 is 10.6 Å². The van der Waals surface area contributed by atoms with Gasteiger partial charge in [-0.25, -0.2) is 0 Å². The van der Waals surface area contributed by atoms with E-state index in [9.17, 15) is 0 Å². The van der Waals surface area contributed by atoms with Gasteiger partial charge in [0.25, 0.3) is 0 Å². The van der Waals surface area contributed by atoms with Crippen LogP contribution >= 0.6 is 24.0 Å². The number of likely N-dealkylation sites (tertiary alicyclic amines) is 1. The summed E-state index contributed by atoms with van der Waals surface area (Å²) in [7, 11) is 1.83. The van der Waals surface area contributed by atoms with Crippen molar-refractivity contribution in [3.8, 4) is 0 Å². The molecule has 1 unspecified atom stereocenters. The number of para-hydroxylation sites is 1. The Morgan fingerprint density at radius 3 is 2.73 bits per heavy atom. The van der Waals surface area contributed by atoms with Crippen LogP contribution in [0.15, 0.2) is 71.9 Å². The lowest BCUT2D eigenvalue weighted by atomic mass is 10.1. The summed E-state index contributed by atoms with van der Waals surface area (Å²) in [5.74, 6) is 0.837. The van der Waals surface area contributed by atoms with E-state index < -0.39 is 0 Å². The molecule has 4 rings (SSSR count). The third-order valence-corrected chi connectivity index (χ3v) is 5.62. The van der Waals surface area contributed by atoms with Gasteiger partial charge in [-0.2, -0.15) is 0 Å². The van der Waals surface area contributed by atoms with E-state index in [0.29, 0.717) is 12.6 Å². The van der Waals surface area contributed by atoms with Gasteiger partial charge >= 0.3 is 0 Å². The molecule has 2 N–H and O–H groups in total. The van der Waals surface area contributed by atoms with Crippen molar-refractivity contribution >= 4 is 40.8 Å². The molecule has 0 aliphatic carbocycles. The first-order chi connectivity index (χ1) is 14.3. The molecule has 1 aliphatic heterocycles. The number of nitrogens with one attached hydrogen (secondary N) is 2. The molecule has 1 aromatic heterocycles. The van der Waals surface area contributed by atoms with Gasteiger partial charge < -0.3 is 10.6 Å². The number of aliphatic imine (C=N–C) groups is 1. The maximum atomic E-state index is 4.54. The molecule has 2 aromatic carbocycles. The first kappa shape index (κ1) is 22.5. The van der Waals surface area contributed by atoms with Crippen LogP contribution in [-0.4, -0.2) is 42.0 Å². The van der Waals surface area contributed by atoms with Crippen LogP contribution in [0.5, 0.6) is 0 Å². The van der Waals surface area contributed by atoms with Crippen LogP contribution in [-0.2, 0) is 13.1 Å². The highest BCUT2D eigenvalue weighted by atomic mass is 127. The molecular weight excluding hydrogens is 485 g/mol. The summed E-state index contributed by atoms with van der Waals surface area (Å²) in [4.78, 5) is 11.5. The van der Waals surface area contributed by atoms with Crippen molar-refractivity contribution in [3.63, 3.8) is 0 Å². The summed E-state index contributed by atoms with van der Waals surface area (Å²) >= 11 is 0. The summed E-state index contributed by atoms with van der Waals surface area (Å²) in [5, 5.41) is 8.13. The lowest BCUT2D eigenvalue weighted by molar-refractivity contribution is 0.245. The summed E-state index contributed by atoms with van der Waals surface area (Å²) in [6, 6.07) is 21.6. The van der Waals surface area contributed by atoms with E-state index in [2.05, 4.69) is 80.1 Å². The predicted octanol–water partition coefficient (Wildman–Crippen LogP) is 4.18.